The number of para-hydroxylation sites is 1. The Kier molecular flexibility index (Phi) is 4.06. The summed E-state index contributed by atoms with van der Waals surface area (Å²) in [6.07, 6.45) is 5.77. The molecule has 1 saturated carbocycles. The van der Waals surface area contributed by atoms with Crippen molar-refractivity contribution in [3.63, 3.8) is 0 Å². The summed E-state index contributed by atoms with van der Waals surface area (Å²) in [4.78, 5) is 12.5. The number of hydrogen-bond donors (Lipinski definition) is 1. The molecule has 0 aromatic heterocycles. The van der Waals surface area contributed by atoms with Crippen LogP contribution in [-0.2, 0) is 4.79 Å². The zero-order chi connectivity index (χ0) is 13.9. The molecule has 1 aromatic rings. The third-order valence-corrected chi connectivity index (χ3v) is 4.71. The fourth-order valence-electron chi connectivity index (χ4n) is 3.79. The summed E-state index contributed by atoms with van der Waals surface area (Å²) < 4.78 is 5.58. The summed E-state index contributed by atoms with van der Waals surface area (Å²) in [5.74, 6) is 1.13. The first-order valence-corrected chi connectivity index (χ1v) is 7.77. The number of piperidine rings is 1. The molecule has 108 valence electrons. The van der Waals surface area contributed by atoms with Gasteiger partial charge in [0.25, 0.3) is 0 Å². The molecule has 3 heteroatoms. The van der Waals surface area contributed by atoms with Crippen LogP contribution in [0, 0.1) is 11.8 Å². The van der Waals surface area contributed by atoms with Crippen LogP contribution in [0.2, 0.25) is 0 Å². The maximum atomic E-state index is 12.5. The van der Waals surface area contributed by atoms with E-state index in [0.29, 0.717) is 23.8 Å². The number of ether oxygens (including phenoxy) is 1. The van der Waals surface area contributed by atoms with Gasteiger partial charge in [0.05, 0.1) is 5.92 Å². The van der Waals surface area contributed by atoms with E-state index in [2.05, 4.69) is 12.2 Å². The predicted octanol–water partition coefficient (Wildman–Crippen LogP) is 3.15. The van der Waals surface area contributed by atoms with E-state index in [-0.39, 0.29) is 11.9 Å². The van der Waals surface area contributed by atoms with Crippen molar-refractivity contribution in [2.75, 3.05) is 0 Å². The summed E-state index contributed by atoms with van der Waals surface area (Å²) in [6.45, 7) is 2.17. The Balaban J connectivity index is 1.71. The minimum Gasteiger partial charge on any atom is -0.426 e. The Morgan fingerprint density at radius 1 is 1.20 bits per heavy atom. The molecule has 1 saturated heterocycles. The molecule has 1 heterocycles. The van der Waals surface area contributed by atoms with Gasteiger partial charge in [-0.15, -0.1) is 0 Å². The van der Waals surface area contributed by atoms with Crippen molar-refractivity contribution in [1.29, 1.82) is 0 Å². The van der Waals surface area contributed by atoms with E-state index in [1.54, 1.807) is 0 Å². The molecule has 4 unspecified atom stereocenters. The maximum absolute atomic E-state index is 12.5. The van der Waals surface area contributed by atoms with E-state index < -0.39 is 0 Å². The average Bonchev–Trinajstić information content (AvgIpc) is 2.47. The first-order valence-electron chi connectivity index (χ1n) is 7.77. The number of nitrogens with one attached hydrogen (secondary N) is 1. The van der Waals surface area contributed by atoms with Crippen molar-refractivity contribution >= 4 is 5.97 Å². The predicted molar refractivity (Wildman–Crippen MR) is 78.5 cm³/mol. The lowest BCUT2D eigenvalue weighted by Gasteiger charge is -2.43. The summed E-state index contributed by atoms with van der Waals surface area (Å²) >= 11 is 0. The number of hydrogen-bond acceptors (Lipinski definition) is 3. The second-order valence-electron chi connectivity index (χ2n) is 6.20. The van der Waals surface area contributed by atoms with Crippen LogP contribution in [0.3, 0.4) is 0 Å². The first-order chi connectivity index (χ1) is 9.74. The Hall–Kier alpha value is -1.35. The number of fused-ring (bicyclic) bond motifs is 1. The van der Waals surface area contributed by atoms with Gasteiger partial charge in [-0.25, -0.2) is 0 Å². The van der Waals surface area contributed by atoms with Gasteiger partial charge in [0.15, 0.2) is 0 Å². The first kappa shape index (κ1) is 13.6. The van der Waals surface area contributed by atoms with Gasteiger partial charge < -0.3 is 10.1 Å². The quantitative estimate of drug-likeness (QED) is 0.664. The van der Waals surface area contributed by atoms with Crippen molar-refractivity contribution in [2.45, 2.75) is 51.1 Å². The Morgan fingerprint density at radius 2 is 1.95 bits per heavy atom. The van der Waals surface area contributed by atoms with Gasteiger partial charge in [0.2, 0.25) is 0 Å². The van der Waals surface area contributed by atoms with E-state index in [1.165, 1.54) is 19.3 Å². The summed E-state index contributed by atoms with van der Waals surface area (Å²) in [7, 11) is 0. The molecule has 4 atom stereocenters. The molecule has 2 fully saturated rings. The minimum atomic E-state index is -0.0403. The fourth-order valence-corrected chi connectivity index (χ4v) is 3.79. The van der Waals surface area contributed by atoms with Gasteiger partial charge in [0, 0.05) is 12.1 Å². The molecule has 0 bridgehead atoms. The van der Waals surface area contributed by atoms with Crippen molar-refractivity contribution in [3.05, 3.63) is 30.3 Å². The molecule has 20 heavy (non-hydrogen) atoms. The summed E-state index contributed by atoms with van der Waals surface area (Å²) in [5.41, 5.74) is 0. The van der Waals surface area contributed by atoms with Gasteiger partial charge in [-0.1, -0.05) is 31.0 Å². The molecule has 0 radical (unpaired) electrons. The van der Waals surface area contributed by atoms with Crippen molar-refractivity contribution < 1.29 is 9.53 Å². The van der Waals surface area contributed by atoms with Gasteiger partial charge in [0.1, 0.15) is 5.75 Å². The second-order valence-corrected chi connectivity index (χ2v) is 6.20. The largest absolute Gasteiger partial charge is 0.426 e. The summed E-state index contributed by atoms with van der Waals surface area (Å²) in [5, 5.41) is 3.66. The zero-order valence-electron chi connectivity index (χ0n) is 12.0. The number of rotatable bonds is 2. The maximum Gasteiger partial charge on any atom is 0.314 e. The third-order valence-electron chi connectivity index (χ3n) is 4.71. The fraction of sp³-hybridized carbons (Fsp3) is 0.588. The monoisotopic (exact) mass is 273 g/mol. The van der Waals surface area contributed by atoms with Crippen LogP contribution in [0.1, 0.15) is 39.0 Å². The van der Waals surface area contributed by atoms with Crippen LogP contribution in [-0.4, -0.2) is 18.1 Å². The van der Waals surface area contributed by atoms with E-state index >= 15 is 0 Å². The highest BCUT2D eigenvalue weighted by atomic mass is 16.5. The lowest BCUT2D eigenvalue weighted by atomic mass is 9.71. The molecule has 0 amide bonds. The highest BCUT2D eigenvalue weighted by molar-refractivity contribution is 5.75. The Labute approximate surface area is 120 Å². The van der Waals surface area contributed by atoms with Crippen LogP contribution in [0.25, 0.3) is 0 Å². The highest BCUT2D eigenvalue weighted by Gasteiger charge is 2.41. The minimum absolute atomic E-state index is 0.0403. The van der Waals surface area contributed by atoms with E-state index in [4.69, 9.17) is 4.74 Å². The molecule has 2 aliphatic rings. The van der Waals surface area contributed by atoms with Crippen LogP contribution in [0.4, 0.5) is 0 Å². The molecule has 3 rings (SSSR count). The third kappa shape index (κ3) is 2.88. The average molecular weight is 273 g/mol. The van der Waals surface area contributed by atoms with Crippen LogP contribution in [0.15, 0.2) is 30.3 Å². The molecule has 1 aliphatic carbocycles. The van der Waals surface area contributed by atoms with Crippen molar-refractivity contribution in [1.82, 2.24) is 5.32 Å². The zero-order valence-corrected chi connectivity index (χ0v) is 12.0. The van der Waals surface area contributed by atoms with Gasteiger partial charge >= 0.3 is 5.97 Å². The molecule has 1 aromatic carbocycles. The highest BCUT2D eigenvalue weighted by Crippen LogP contribution is 2.37. The number of carbonyl (C=O) groups is 1. The van der Waals surface area contributed by atoms with E-state index in [0.717, 1.165) is 12.8 Å². The smallest absolute Gasteiger partial charge is 0.314 e. The Morgan fingerprint density at radius 3 is 2.75 bits per heavy atom. The van der Waals surface area contributed by atoms with Gasteiger partial charge in [-0.2, -0.15) is 0 Å². The lowest BCUT2D eigenvalue weighted by Crippen LogP contribution is -2.54. The molecule has 0 spiro atoms. The molecule has 1 aliphatic heterocycles. The molecule has 3 nitrogen and oxygen atoms in total. The van der Waals surface area contributed by atoms with Crippen molar-refractivity contribution in [2.24, 2.45) is 11.8 Å². The normalized spacial score (nSPS) is 33.2. The molecule has 1 N–H and O–H groups in total. The molecular formula is C17H23NO2. The number of benzene rings is 1. The number of esters is 1. The van der Waals surface area contributed by atoms with Crippen LogP contribution >= 0.6 is 0 Å². The van der Waals surface area contributed by atoms with Crippen LogP contribution < -0.4 is 10.1 Å². The number of carbonyl (C=O) groups excluding carboxylic acids is 1. The van der Waals surface area contributed by atoms with Gasteiger partial charge in [-0.3, -0.25) is 4.79 Å². The Bertz CT molecular complexity index is 459. The van der Waals surface area contributed by atoms with Crippen molar-refractivity contribution in [3.8, 4) is 5.75 Å². The topological polar surface area (TPSA) is 38.3 Å². The second kappa shape index (κ2) is 5.96. The van der Waals surface area contributed by atoms with E-state index in [9.17, 15) is 4.79 Å². The standard InChI is InChI=1S/C17H23NO2/c1-12-11-15(14-9-5-6-10-16(14)18-12)17(19)20-13-7-3-2-4-8-13/h2-4,7-8,12,14-16,18H,5-6,9-11H2,1H3. The van der Waals surface area contributed by atoms with E-state index in [1.807, 2.05) is 30.3 Å². The summed E-state index contributed by atoms with van der Waals surface area (Å²) in [6, 6.07) is 10.3. The molecular weight excluding hydrogens is 250 g/mol. The SMILES string of the molecule is CC1CC(C(=O)Oc2ccccc2)C2CCCCC2N1. The van der Waals surface area contributed by atoms with Crippen LogP contribution in [0.5, 0.6) is 5.75 Å². The van der Waals surface area contributed by atoms with Gasteiger partial charge in [-0.05, 0) is 44.2 Å². The lowest BCUT2D eigenvalue weighted by molar-refractivity contribution is -0.143.